The lowest BCUT2D eigenvalue weighted by atomic mass is 10.1. The van der Waals surface area contributed by atoms with Crippen LogP contribution in [0, 0.1) is 0 Å². The minimum absolute atomic E-state index is 0.522. The van der Waals surface area contributed by atoms with Gasteiger partial charge in [-0.2, -0.15) is 0 Å². The van der Waals surface area contributed by atoms with Crippen molar-refractivity contribution in [3.05, 3.63) is 36.4 Å². The standard InChI is InChI=1S/C9H9N3/c10-3-7-4-12-6-8-5-11-2-1-9(7)8/h1-2,4-6H,3,10H2. The molecule has 0 saturated carbocycles. The molecule has 2 aromatic rings. The predicted octanol–water partition coefficient (Wildman–Crippen LogP) is 1.09. The Morgan fingerprint density at radius 3 is 2.83 bits per heavy atom. The van der Waals surface area contributed by atoms with Crippen LogP contribution in [0.25, 0.3) is 10.8 Å². The first-order valence-electron chi connectivity index (χ1n) is 3.78. The third-order valence-electron chi connectivity index (χ3n) is 1.86. The number of aromatic nitrogens is 2. The zero-order valence-electron chi connectivity index (χ0n) is 6.57. The highest BCUT2D eigenvalue weighted by Crippen LogP contribution is 2.14. The summed E-state index contributed by atoms with van der Waals surface area (Å²) in [4.78, 5) is 8.07. The van der Waals surface area contributed by atoms with Gasteiger partial charge in [0.05, 0.1) is 0 Å². The molecular formula is C9H9N3. The molecule has 0 fully saturated rings. The van der Waals surface area contributed by atoms with Crippen LogP contribution in [0.2, 0.25) is 0 Å². The molecule has 2 aromatic heterocycles. The Labute approximate surface area is 70.3 Å². The van der Waals surface area contributed by atoms with Crippen LogP contribution in [0.1, 0.15) is 5.56 Å². The van der Waals surface area contributed by atoms with Gasteiger partial charge in [0.1, 0.15) is 0 Å². The Hall–Kier alpha value is -1.48. The maximum absolute atomic E-state index is 5.56. The smallest absolute Gasteiger partial charge is 0.0362 e. The fourth-order valence-electron chi connectivity index (χ4n) is 1.24. The normalized spacial score (nSPS) is 10.4. The highest BCUT2D eigenvalue weighted by Gasteiger charge is 1.97. The molecule has 0 bridgehead atoms. The van der Waals surface area contributed by atoms with Crippen LogP contribution >= 0.6 is 0 Å². The van der Waals surface area contributed by atoms with Crippen molar-refractivity contribution in [3.8, 4) is 0 Å². The van der Waals surface area contributed by atoms with E-state index in [9.17, 15) is 0 Å². The lowest BCUT2D eigenvalue weighted by molar-refractivity contribution is 1.06. The average Bonchev–Trinajstić information content (AvgIpc) is 2.17. The van der Waals surface area contributed by atoms with Crippen molar-refractivity contribution in [3.63, 3.8) is 0 Å². The number of hydrogen-bond donors (Lipinski definition) is 1. The molecule has 0 aromatic carbocycles. The monoisotopic (exact) mass is 159 g/mol. The van der Waals surface area contributed by atoms with E-state index >= 15 is 0 Å². The topological polar surface area (TPSA) is 51.8 Å². The van der Waals surface area contributed by atoms with Crippen LogP contribution in [-0.2, 0) is 6.54 Å². The molecule has 0 spiro atoms. The number of pyridine rings is 2. The highest BCUT2D eigenvalue weighted by molar-refractivity contribution is 5.83. The number of nitrogens with two attached hydrogens (primary N) is 1. The minimum Gasteiger partial charge on any atom is -0.326 e. The summed E-state index contributed by atoms with van der Waals surface area (Å²) in [6, 6.07) is 1.96. The number of rotatable bonds is 1. The molecule has 2 N–H and O–H groups in total. The maximum atomic E-state index is 5.56. The van der Waals surface area contributed by atoms with Gasteiger partial charge < -0.3 is 5.73 Å². The van der Waals surface area contributed by atoms with E-state index in [-0.39, 0.29) is 0 Å². The molecule has 0 unspecified atom stereocenters. The van der Waals surface area contributed by atoms with Crippen LogP contribution in [0.15, 0.2) is 30.9 Å². The molecule has 3 nitrogen and oxygen atoms in total. The second-order valence-electron chi connectivity index (χ2n) is 2.60. The van der Waals surface area contributed by atoms with Crippen molar-refractivity contribution in [2.24, 2.45) is 5.73 Å². The Kier molecular flexibility index (Phi) is 1.72. The molecule has 2 heterocycles. The lowest BCUT2D eigenvalue weighted by Gasteiger charge is -2.00. The summed E-state index contributed by atoms with van der Waals surface area (Å²) in [6.45, 7) is 0.522. The van der Waals surface area contributed by atoms with Gasteiger partial charge in [-0.1, -0.05) is 0 Å². The van der Waals surface area contributed by atoms with E-state index in [0.29, 0.717) is 6.54 Å². The van der Waals surface area contributed by atoms with Crippen LogP contribution in [-0.4, -0.2) is 9.97 Å². The Morgan fingerprint density at radius 1 is 1.17 bits per heavy atom. The summed E-state index contributed by atoms with van der Waals surface area (Å²) in [5.74, 6) is 0. The SMILES string of the molecule is NCc1cncc2cnccc12. The van der Waals surface area contributed by atoms with Gasteiger partial charge in [-0.25, -0.2) is 0 Å². The molecule has 0 aliphatic heterocycles. The molecule has 3 heteroatoms. The molecular weight excluding hydrogens is 150 g/mol. The van der Waals surface area contributed by atoms with Crippen LogP contribution in [0.3, 0.4) is 0 Å². The third kappa shape index (κ3) is 1.04. The van der Waals surface area contributed by atoms with E-state index in [4.69, 9.17) is 5.73 Å². The fourth-order valence-corrected chi connectivity index (χ4v) is 1.24. The first kappa shape index (κ1) is 7.18. The van der Waals surface area contributed by atoms with Gasteiger partial charge in [-0.05, 0) is 17.0 Å². The average molecular weight is 159 g/mol. The minimum atomic E-state index is 0.522. The Balaban J connectivity index is 2.79. The lowest BCUT2D eigenvalue weighted by Crippen LogP contribution is -1.97. The third-order valence-corrected chi connectivity index (χ3v) is 1.86. The van der Waals surface area contributed by atoms with Gasteiger partial charge in [-0.15, -0.1) is 0 Å². The molecule has 60 valence electrons. The number of nitrogens with zero attached hydrogens (tertiary/aromatic N) is 2. The van der Waals surface area contributed by atoms with Crippen molar-refractivity contribution in [2.75, 3.05) is 0 Å². The largest absolute Gasteiger partial charge is 0.326 e. The fraction of sp³-hybridized carbons (Fsp3) is 0.111. The van der Waals surface area contributed by atoms with E-state index < -0.39 is 0 Å². The molecule has 0 saturated heterocycles. The van der Waals surface area contributed by atoms with Crippen molar-refractivity contribution < 1.29 is 0 Å². The molecule has 0 radical (unpaired) electrons. The predicted molar refractivity (Wildman–Crippen MR) is 47.4 cm³/mol. The Morgan fingerprint density at radius 2 is 2.00 bits per heavy atom. The van der Waals surface area contributed by atoms with E-state index in [0.717, 1.165) is 16.3 Å². The van der Waals surface area contributed by atoms with E-state index in [2.05, 4.69) is 9.97 Å². The summed E-state index contributed by atoms with van der Waals surface area (Å²) in [5.41, 5.74) is 6.62. The van der Waals surface area contributed by atoms with Gasteiger partial charge in [-0.3, -0.25) is 9.97 Å². The van der Waals surface area contributed by atoms with E-state index in [1.165, 1.54) is 0 Å². The molecule has 0 atom stereocenters. The quantitative estimate of drug-likeness (QED) is 0.677. The van der Waals surface area contributed by atoms with Crippen LogP contribution in [0.4, 0.5) is 0 Å². The summed E-state index contributed by atoms with van der Waals surface area (Å²) < 4.78 is 0. The first-order valence-corrected chi connectivity index (χ1v) is 3.78. The summed E-state index contributed by atoms with van der Waals surface area (Å²) >= 11 is 0. The number of fused-ring (bicyclic) bond motifs is 1. The molecule has 0 aliphatic rings. The second kappa shape index (κ2) is 2.87. The summed E-state index contributed by atoms with van der Waals surface area (Å²) in [6.07, 6.45) is 7.15. The zero-order chi connectivity index (χ0) is 8.39. The summed E-state index contributed by atoms with van der Waals surface area (Å²) in [5, 5.41) is 2.18. The highest BCUT2D eigenvalue weighted by atomic mass is 14.7. The molecule has 2 rings (SSSR count). The van der Waals surface area contributed by atoms with Crippen molar-refractivity contribution >= 4 is 10.8 Å². The Bertz CT molecular complexity index is 392. The van der Waals surface area contributed by atoms with Crippen molar-refractivity contribution in [2.45, 2.75) is 6.54 Å². The van der Waals surface area contributed by atoms with E-state index in [1.807, 2.05) is 6.07 Å². The summed E-state index contributed by atoms with van der Waals surface area (Å²) in [7, 11) is 0. The molecule has 12 heavy (non-hydrogen) atoms. The van der Waals surface area contributed by atoms with Crippen molar-refractivity contribution in [1.29, 1.82) is 0 Å². The van der Waals surface area contributed by atoms with Gasteiger partial charge in [0.2, 0.25) is 0 Å². The van der Waals surface area contributed by atoms with Crippen LogP contribution in [0.5, 0.6) is 0 Å². The second-order valence-corrected chi connectivity index (χ2v) is 2.60. The van der Waals surface area contributed by atoms with Gasteiger partial charge in [0.15, 0.2) is 0 Å². The van der Waals surface area contributed by atoms with Crippen molar-refractivity contribution in [1.82, 2.24) is 9.97 Å². The first-order chi connectivity index (χ1) is 5.92. The van der Waals surface area contributed by atoms with Crippen LogP contribution < -0.4 is 5.73 Å². The van der Waals surface area contributed by atoms with Gasteiger partial charge in [0.25, 0.3) is 0 Å². The zero-order valence-corrected chi connectivity index (χ0v) is 6.57. The maximum Gasteiger partial charge on any atom is 0.0362 e. The van der Waals surface area contributed by atoms with Gasteiger partial charge >= 0.3 is 0 Å². The van der Waals surface area contributed by atoms with E-state index in [1.54, 1.807) is 24.8 Å². The number of hydrogen-bond acceptors (Lipinski definition) is 3. The molecule has 0 amide bonds. The van der Waals surface area contributed by atoms with Gasteiger partial charge in [0, 0.05) is 36.7 Å². The molecule has 0 aliphatic carbocycles.